The van der Waals surface area contributed by atoms with E-state index in [1.54, 1.807) is 6.07 Å². The minimum absolute atomic E-state index is 0.0559. The van der Waals surface area contributed by atoms with Gasteiger partial charge in [-0.25, -0.2) is 0 Å². The molecule has 0 atom stereocenters. The summed E-state index contributed by atoms with van der Waals surface area (Å²) in [4.78, 5) is 13.3. The number of nitrogens with one attached hydrogen (secondary N) is 1. The monoisotopic (exact) mass is 247 g/mol. The van der Waals surface area contributed by atoms with Crippen LogP contribution in [-0.2, 0) is 11.3 Å². The van der Waals surface area contributed by atoms with Crippen molar-refractivity contribution in [3.8, 4) is 6.07 Å². The summed E-state index contributed by atoms with van der Waals surface area (Å²) in [5, 5.41) is 20.0. The molecule has 0 spiro atoms. The van der Waals surface area contributed by atoms with Gasteiger partial charge in [0, 0.05) is 13.1 Å². The van der Waals surface area contributed by atoms with Crippen LogP contribution in [0.25, 0.3) is 0 Å². The van der Waals surface area contributed by atoms with Gasteiger partial charge < -0.3 is 10.4 Å². The fourth-order valence-electron chi connectivity index (χ4n) is 1.60. The molecule has 0 aliphatic heterocycles. The standard InChI is InChI=1S/C13H17N3O2/c1-16(10-13(18)15-5-6-17)9-12-4-2-3-11(7-12)8-14/h2-4,7,17H,5-6,9-10H2,1H3,(H,15,18). The molecule has 0 saturated heterocycles. The van der Waals surface area contributed by atoms with Crippen molar-refractivity contribution in [2.24, 2.45) is 0 Å². The summed E-state index contributed by atoms with van der Waals surface area (Å²) < 4.78 is 0. The maximum atomic E-state index is 11.4. The molecule has 0 unspecified atom stereocenters. The number of hydrogen-bond acceptors (Lipinski definition) is 4. The highest BCUT2D eigenvalue weighted by Gasteiger charge is 2.06. The SMILES string of the molecule is CN(CC(=O)NCCO)Cc1cccc(C#N)c1. The van der Waals surface area contributed by atoms with Gasteiger partial charge in [-0.1, -0.05) is 12.1 Å². The molecule has 2 N–H and O–H groups in total. The quantitative estimate of drug-likeness (QED) is 0.747. The first kappa shape index (κ1) is 14.2. The fraction of sp³-hybridized carbons (Fsp3) is 0.385. The van der Waals surface area contributed by atoms with Gasteiger partial charge in [-0.2, -0.15) is 5.26 Å². The van der Waals surface area contributed by atoms with Crippen LogP contribution in [-0.4, -0.2) is 42.7 Å². The average Bonchev–Trinajstić information content (AvgIpc) is 2.36. The van der Waals surface area contributed by atoms with E-state index < -0.39 is 0 Å². The molecule has 1 amide bonds. The second kappa shape index (κ2) is 7.43. The lowest BCUT2D eigenvalue weighted by molar-refractivity contribution is -0.122. The van der Waals surface area contributed by atoms with Crippen molar-refractivity contribution in [1.82, 2.24) is 10.2 Å². The number of carbonyl (C=O) groups excluding carboxylic acids is 1. The Kier molecular flexibility index (Phi) is 5.85. The van der Waals surface area contributed by atoms with Crippen molar-refractivity contribution in [3.05, 3.63) is 35.4 Å². The molecule has 1 aromatic rings. The number of aliphatic hydroxyl groups is 1. The summed E-state index contributed by atoms with van der Waals surface area (Å²) in [5.74, 6) is -0.122. The molecule has 1 aromatic carbocycles. The first-order chi connectivity index (χ1) is 8.65. The van der Waals surface area contributed by atoms with Crippen LogP contribution in [0.3, 0.4) is 0 Å². The van der Waals surface area contributed by atoms with E-state index in [0.29, 0.717) is 12.1 Å². The van der Waals surface area contributed by atoms with Crippen LogP contribution >= 0.6 is 0 Å². The molecule has 0 aliphatic carbocycles. The summed E-state index contributed by atoms with van der Waals surface area (Å²) in [6.07, 6.45) is 0. The number of aliphatic hydroxyl groups excluding tert-OH is 1. The van der Waals surface area contributed by atoms with Crippen molar-refractivity contribution in [2.75, 3.05) is 26.7 Å². The zero-order chi connectivity index (χ0) is 13.4. The first-order valence-corrected chi connectivity index (χ1v) is 5.71. The number of nitriles is 1. The van der Waals surface area contributed by atoms with Gasteiger partial charge in [-0.3, -0.25) is 9.69 Å². The van der Waals surface area contributed by atoms with Gasteiger partial charge >= 0.3 is 0 Å². The number of benzene rings is 1. The fourth-order valence-corrected chi connectivity index (χ4v) is 1.60. The summed E-state index contributed by atoms with van der Waals surface area (Å²) in [5.41, 5.74) is 1.61. The van der Waals surface area contributed by atoms with Gasteiger partial charge in [0.05, 0.1) is 24.8 Å². The summed E-state index contributed by atoms with van der Waals surface area (Å²) in [7, 11) is 1.83. The zero-order valence-electron chi connectivity index (χ0n) is 10.4. The Labute approximate surface area is 107 Å². The third kappa shape index (κ3) is 4.95. The highest BCUT2D eigenvalue weighted by Crippen LogP contribution is 2.06. The molecule has 96 valence electrons. The maximum Gasteiger partial charge on any atom is 0.234 e. The lowest BCUT2D eigenvalue weighted by Crippen LogP contribution is -2.36. The van der Waals surface area contributed by atoms with E-state index >= 15 is 0 Å². The smallest absolute Gasteiger partial charge is 0.234 e. The predicted molar refractivity (Wildman–Crippen MR) is 67.6 cm³/mol. The maximum absolute atomic E-state index is 11.4. The minimum Gasteiger partial charge on any atom is -0.395 e. The lowest BCUT2D eigenvalue weighted by Gasteiger charge is -2.16. The van der Waals surface area contributed by atoms with Gasteiger partial charge in [-0.05, 0) is 24.7 Å². The molecular weight excluding hydrogens is 230 g/mol. The molecule has 0 saturated carbocycles. The van der Waals surface area contributed by atoms with Gasteiger partial charge in [-0.15, -0.1) is 0 Å². The number of carbonyl (C=O) groups is 1. The Morgan fingerprint density at radius 3 is 3.00 bits per heavy atom. The van der Waals surface area contributed by atoms with Gasteiger partial charge in [0.25, 0.3) is 0 Å². The van der Waals surface area contributed by atoms with Crippen molar-refractivity contribution >= 4 is 5.91 Å². The van der Waals surface area contributed by atoms with Crippen molar-refractivity contribution in [2.45, 2.75) is 6.54 Å². The molecule has 0 aromatic heterocycles. The number of likely N-dealkylation sites (N-methyl/N-ethyl adjacent to an activating group) is 1. The first-order valence-electron chi connectivity index (χ1n) is 5.71. The van der Waals surface area contributed by atoms with E-state index in [1.165, 1.54) is 0 Å². The van der Waals surface area contributed by atoms with Crippen molar-refractivity contribution < 1.29 is 9.90 Å². The predicted octanol–water partition coefficient (Wildman–Crippen LogP) is 0.0986. The number of hydrogen-bond donors (Lipinski definition) is 2. The Balaban J connectivity index is 2.46. The van der Waals surface area contributed by atoms with E-state index in [-0.39, 0.29) is 25.6 Å². The Hall–Kier alpha value is -1.90. The van der Waals surface area contributed by atoms with Crippen LogP contribution in [0.1, 0.15) is 11.1 Å². The Morgan fingerprint density at radius 2 is 2.33 bits per heavy atom. The molecular formula is C13H17N3O2. The molecule has 0 heterocycles. The highest BCUT2D eigenvalue weighted by molar-refractivity contribution is 5.77. The minimum atomic E-state index is -0.122. The van der Waals surface area contributed by atoms with Gasteiger partial charge in [0.2, 0.25) is 5.91 Å². The third-order valence-corrected chi connectivity index (χ3v) is 2.36. The van der Waals surface area contributed by atoms with Gasteiger partial charge in [0.1, 0.15) is 0 Å². The molecule has 0 radical (unpaired) electrons. The topological polar surface area (TPSA) is 76.4 Å². The third-order valence-electron chi connectivity index (χ3n) is 2.36. The second-order valence-corrected chi connectivity index (χ2v) is 4.06. The van der Waals surface area contributed by atoms with Crippen LogP contribution in [0.5, 0.6) is 0 Å². The van der Waals surface area contributed by atoms with Gasteiger partial charge in [0.15, 0.2) is 0 Å². The van der Waals surface area contributed by atoms with Crippen LogP contribution in [0.4, 0.5) is 0 Å². The zero-order valence-corrected chi connectivity index (χ0v) is 10.4. The van der Waals surface area contributed by atoms with E-state index in [2.05, 4.69) is 11.4 Å². The Bertz CT molecular complexity index is 440. The molecule has 0 fully saturated rings. The largest absolute Gasteiger partial charge is 0.395 e. The van der Waals surface area contributed by atoms with Crippen molar-refractivity contribution in [1.29, 1.82) is 5.26 Å². The van der Waals surface area contributed by atoms with E-state index in [1.807, 2.05) is 30.1 Å². The van der Waals surface area contributed by atoms with Crippen molar-refractivity contribution in [3.63, 3.8) is 0 Å². The molecule has 1 rings (SSSR count). The molecule has 5 heteroatoms. The van der Waals surface area contributed by atoms with E-state index in [0.717, 1.165) is 5.56 Å². The van der Waals surface area contributed by atoms with Crippen LogP contribution in [0.15, 0.2) is 24.3 Å². The van der Waals surface area contributed by atoms with Crippen LogP contribution in [0.2, 0.25) is 0 Å². The molecule has 18 heavy (non-hydrogen) atoms. The van der Waals surface area contributed by atoms with Crippen LogP contribution < -0.4 is 5.32 Å². The van der Waals surface area contributed by atoms with E-state index in [9.17, 15) is 4.79 Å². The number of rotatable bonds is 6. The highest BCUT2D eigenvalue weighted by atomic mass is 16.3. The molecule has 5 nitrogen and oxygen atoms in total. The molecule has 0 aliphatic rings. The number of nitrogens with zero attached hydrogens (tertiary/aromatic N) is 2. The summed E-state index contributed by atoms with van der Waals surface area (Å²) in [6, 6.07) is 9.39. The van der Waals surface area contributed by atoms with Crippen LogP contribution in [0, 0.1) is 11.3 Å². The average molecular weight is 247 g/mol. The summed E-state index contributed by atoms with van der Waals surface area (Å²) in [6.45, 7) is 1.08. The van der Waals surface area contributed by atoms with E-state index in [4.69, 9.17) is 10.4 Å². The Morgan fingerprint density at radius 1 is 1.56 bits per heavy atom. The normalized spacial score (nSPS) is 10.1. The second-order valence-electron chi connectivity index (χ2n) is 4.06. The lowest BCUT2D eigenvalue weighted by atomic mass is 10.1. The summed E-state index contributed by atoms with van der Waals surface area (Å²) >= 11 is 0. The number of amides is 1. The molecule has 0 bridgehead atoms.